The van der Waals surface area contributed by atoms with Gasteiger partial charge >= 0.3 is 0 Å². The molecule has 1 N–H and O–H groups in total. The molecule has 1 fully saturated rings. The van der Waals surface area contributed by atoms with E-state index in [2.05, 4.69) is 38.5 Å². The molecule has 0 bridgehead atoms. The molecule has 1 amide bonds. The van der Waals surface area contributed by atoms with Crippen molar-refractivity contribution in [1.82, 2.24) is 4.90 Å². The number of likely N-dealkylation sites (tertiary alicyclic amines) is 1. The molecule has 5 heteroatoms. The summed E-state index contributed by atoms with van der Waals surface area (Å²) in [7, 11) is 0. The molecule has 0 saturated carbocycles. The van der Waals surface area contributed by atoms with Crippen LogP contribution >= 0.6 is 38.5 Å². The van der Waals surface area contributed by atoms with E-state index in [1.807, 2.05) is 18.2 Å². The van der Waals surface area contributed by atoms with Crippen LogP contribution in [0.25, 0.3) is 0 Å². The van der Waals surface area contributed by atoms with E-state index in [4.69, 9.17) is 0 Å². The number of hydrogen-bond acceptors (Lipinski definition) is 2. The number of rotatable bonds is 1. The molecule has 1 aliphatic rings. The van der Waals surface area contributed by atoms with Crippen molar-refractivity contribution in [2.24, 2.45) is 0 Å². The summed E-state index contributed by atoms with van der Waals surface area (Å²) in [6.07, 6.45) is 0. The summed E-state index contributed by atoms with van der Waals surface area (Å²) in [6.45, 7) is 2.56. The molecule has 0 radical (unpaired) electrons. The van der Waals surface area contributed by atoms with Crippen molar-refractivity contribution in [3.8, 4) is 0 Å². The van der Waals surface area contributed by atoms with Crippen LogP contribution in [0.4, 0.5) is 0 Å². The second kappa shape index (κ2) is 4.27. The van der Waals surface area contributed by atoms with Crippen molar-refractivity contribution >= 4 is 44.4 Å². The third kappa shape index (κ3) is 2.26. The zero-order valence-electron chi connectivity index (χ0n) is 8.70. The number of aliphatic hydroxyl groups is 1. The molecule has 86 valence electrons. The van der Waals surface area contributed by atoms with Crippen molar-refractivity contribution in [3.63, 3.8) is 0 Å². The molecule has 0 atom stereocenters. The Balaban J connectivity index is 2.20. The standard InChI is InChI=1S/C11H11BrINO2/c1-11(16)5-14(6-11)10(15)7-3-2-4-8(12)9(7)13/h2-4,16H,5-6H2,1H3. The smallest absolute Gasteiger partial charge is 0.255 e. The van der Waals surface area contributed by atoms with Crippen LogP contribution in [0.2, 0.25) is 0 Å². The van der Waals surface area contributed by atoms with E-state index in [9.17, 15) is 9.90 Å². The molecule has 0 spiro atoms. The Labute approximate surface area is 116 Å². The van der Waals surface area contributed by atoms with E-state index in [0.29, 0.717) is 18.7 Å². The van der Waals surface area contributed by atoms with Gasteiger partial charge in [0.05, 0.1) is 24.3 Å². The van der Waals surface area contributed by atoms with Crippen molar-refractivity contribution in [2.45, 2.75) is 12.5 Å². The predicted octanol–water partition coefficient (Wildman–Crippen LogP) is 2.26. The molecule has 16 heavy (non-hydrogen) atoms. The Hall–Kier alpha value is -0.140. The number of carbonyl (C=O) groups excluding carboxylic acids is 1. The van der Waals surface area contributed by atoms with Crippen molar-refractivity contribution in [3.05, 3.63) is 31.8 Å². The third-order valence-corrected chi connectivity index (χ3v) is 5.10. The number of amides is 1. The van der Waals surface area contributed by atoms with Crippen LogP contribution in [-0.2, 0) is 0 Å². The minimum Gasteiger partial charge on any atom is -0.386 e. The zero-order chi connectivity index (χ0) is 11.9. The molecule has 0 aromatic heterocycles. The van der Waals surface area contributed by atoms with E-state index in [1.165, 1.54) is 0 Å². The fourth-order valence-corrected chi connectivity index (χ4v) is 2.72. The summed E-state index contributed by atoms with van der Waals surface area (Å²) < 4.78 is 1.84. The highest BCUT2D eigenvalue weighted by Crippen LogP contribution is 2.27. The van der Waals surface area contributed by atoms with Crippen LogP contribution in [0.5, 0.6) is 0 Å². The van der Waals surface area contributed by atoms with Crippen molar-refractivity contribution in [2.75, 3.05) is 13.1 Å². The van der Waals surface area contributed by atoms with Crippen molar-refractivity contribution in [1.29, 1.82) is 0 Å². The molecular formula is C11H11BrINO2. The summed E-state index contributed by atoms with van der Waals surface area (Å²) >= 11 is 5.54. The minimum atomic E-state index is -0.715. The highest BCUT2D eigenvalue weighted by Gasteiger charge is 2.40. The van der Waals surface area contributed by atoms with Crippen LogP contribution in [0.1, 0.15) is 17.3 Å². The Morgan fingerprint density at radius 3 is 2.75 bits per heavy atom. The zero-order valence-corrected chi connectivity index (χ0v) is 12.4. The predicted molar refractivity (Wildman–Crippen MR) is 73.4 cm³/mol. The molecule has 1 aromatic carbocycles. The van der Waals surface area contributed by atoms with Gasteiger partial charge in [-0.25, -0.2) is 0 Å². The number of hydrogen-bond donors (Lipinski definition) is 1. The fourth-order valence-electron chi connectivity index (χ4n) is 1.76. The molecule has 3 nitrogen and oxygen atoms in total. The first-order valence-electron chi connectivity index (χ1n) is 4.86. The Kier molecular flexibility index (Phi) is 3.29. The molecule has 1 aliphatic heterocycles. The summed E-state index contributed by atoms with van der Waals surface area (Å²) in [5.41, 5.74) is -0.0295. The van der Waals surface area contributed by atoms with Crippen LogP contribution in [-0.4, -0.2) is 34.6 Å². The number of β-amino-alcohol motifs (C(OH)–C–C–N with tert-alkyl or cyclic N) is 1. The maximum atomic E-state index is 12.1. The molecular weight excluding hydrogens is 385 g/mol. The first kappa shape index (κ1) is 12.3. The first-order chi connectivity index (χ1) is 7.41. The van der Waals surface area contributed by atoms with Crippen LogP contribution in [0.3, 0.4) is 0 Å². The van der Waals surface area contributed by atoms with Gasteiger partial charge in [0.2, 0.25) is 0 Å². The molecule has 0 unspecified atom stereocenters. The lowest BCUT2D eigenvalue weighted by Crippen LogP contribution is -2.61. The summed E-state index contributed by atoms with van der Waals surface area (Å²) in [5, 5.41) is 9.60. The van der Waals surface area contributed by atoms with Crippen LogP contribution in [0, 0.1) is 3.57 Å². The lowest BCUT2D eigenvalue weighted by molar-refractivity contribution is -0.0669. The second-order valence-electron chi connectivity index (χ2n) is 4.26. The molecule has 2 rings (SSSR count). The highest BCUT2D eigenvalue weighted by molar-refractivity contribution is 14.1. The van der Waals surface area contributed by atoms with Gasteiger partial charge in [0.25, 0.3) is 5.91 Å². The van der Waals surface area contributed by atoms with Gasteiger partial charge in [-0.05, 0) is 57.6 Å². The Morgan fingerprint density at radius 1 is 1.56 bits per heavy atom. The van der Waals surface area contributed by atoms with E-state index < -0.39 is 5.60 Å². The molecule has 1 aromatic rings. The average Bonchev–Trinajstić information content (AvgIpc) is 2.17. The Morgan fingerprint density at radius 2 is 2.19 bits per heavy atom. The van der Waals surface area contributed by atoms with Crippen LogP contribution in [0.15, 0.2) is 22.7 Å². The van der Waals surface area contributed by atoms with Crippen LogP contribution < -0.4 is 0 Å². The maximum absolute atomic E-state index is 12.1. The van der Waals surface area contributed by atoms with E-state index in [0.717, 1.165) is 8.04 Å². The lowest BCUT2D eigenvalue weighted by atomic mass is 9.96. The molecule has 1 saturated heterocycles. The summed E-state index contributed by atoms with van der Waals surface area (Å²) in [4.78, 5) is 13.7. The van der Waals surface area contributed by atoms with Gasteiger partial charge in [0, 0.05) is 8.04 Å². The topological polar surface area (TPSA) is 40.5 Å². The number of nitrogens with zero attached hydrogens (tertiary/aromatic N) is 1. The quantitative estimate of drug-likeness (QED) is 0.741. The Bertz CT molecular complexity index is 440. The molecule has 0 aliphatic carbocycles. The minimum absolute atomic E-state index is 0.0165. The fraction of sp³-hybridized carbons (Fsp3) is 0.364. The van der Waals surface area contributed by atoms with Gasteiger partial charge in [0.15, 0.2) is 0 Å². The van der Waals surface area contributed by atoms with Gasteiger partial charge < -0.3 is 10.0 Å². The second-order valence-corrected chi connectivity index (χ2v) is 6.19. The largest absolute Gasteiger partial charge is 0.386 e. The number of carbonyl (C=O) groups is 1. The van der Waals surface area contributed by atoms with Gasteiger partial charge in [-0.15, -0.1) is 0 Å². The van der Waals surface area contributed by atoms with Gasteiger partial charge in [-0.2, -0.15) is 0 Å². The summed E-state index contributed by atoms with van der Waals surface area (Å²) in [5.74, 6) is -0.0165. The molecule has 1 heterocycles. The van der Waals surface area contributed by atoms with Gasteiger partial charge in [0.1, 0.15) is 0 Å². The first-order valence-corrected chi connectivity index (χ1v) is 6.73. The normalized spacial score (nSPS) is 18.1. The third-order valence-electron chi connectivity index (χ3n) is 2.53. The maximum Gasteiger partial charge on any atom is 0.255 e. The van der Waals surface area contributed by atoms with Crippen molar-refractivity contribution < 1.29 is 9.90 Å². The van der Waals surface area contributed by atoms with E-state index in [1.54, 1.807) is 11.8 Å². The number of benzene rings is 1. The number of halogens is 2. The highest BCUT2D eigenvalue weighted by atomic mass is 127. The van der Waals surface area contributed by atoms with E-state index >= 15 is 0 Å². The van der Waals surface area contributed by atoms with E-state index in [-0.39, 0.29) is 5.91 Å². The average molecular weight is 396 g/mol. The lowest BCUT2D eigenvalue weighted by Gasteiger charge is -2.44. The monoisotopic (exact) mass is 395 g/mol. The SMILES string of the molecule is CC1(O)CN(C(=O)c2cccc(Br)c2I)C1. The van der Waals surface area contributed by atoms with Gasteiger partial charge in [-0.1, -0.05) is 6.07 Å². The summed E-state index contributed by atoms with van der Waals surface area (Å²) in [6, 6.07) is 5.56. The van der Waals surface area contributed by atoms with Gasteiger partial charge in [-0.3, -0.25) is 4.79 Å².